The molecule has 0 aromatic carbocycles. The lowest BCUT2D eigenvalue weighted by molar-refractivity contribution is -0.136. The van der Waals surface area contributed by atoms with E-state index in [2.05, 4.69) is 8.93 Å². The minimum absolute atomic E-state index is 0.0532. The van der Waals surface area contributed by atoms with Gasteiger partial charge < -0.3 is 0 Å². The van der Waals surface area contributed by atoms with Gasteiger partial charge in [0.15, 0.2) is 5.52 Å². The standard InChI is InChI=1S/C7H9NO3P2/c9-5-1-2-6(10)8(5)4-3-7(11)13-12/h1-2,13H,3-4,12H2. The molecule has 1 aliphatic heterocycles. The smallest absolute Gasteiger partial charge is 0.253 e. The average Bonchev–Trinajstić information content (AvgIpc) is 2.43. The average molecular weight is 217 g/mol. The number of rotatable bonds is 4. The summed E-state index contributed by atoms with van der Waals surface area (Å²) in [4.78, 5) is 34.0. The molecule has 0 N–H and O–H groups in total. The fourth-order valence-corrected chi connectivity index (χ4v) is 1.63. The highest BCUT2D eigenvalue weighted by Crippen LogP contribution is 2.22. The summed E-state index contributed by atoms with van der Waals surface area (Å²) in [6.07, 6.45) is 2.69. The third-order valence-corrected chi connectivity index (χ3v) is 3.16. The quantitative estimate of drug-likeness (QED) is 0.502. The molecular formula is C7H9NO3P2. The summed E-state index contributed by atoms with van der Waals surface area (Å²) >= 11 is 0. The third kappa shape index (κ3) is 2.68. The Balaban J connectivity index is 2.42. The predicted molar refractivity (Wildman–Crippen MR) is 53.5 cm³/mol. The van der Waals surface area contributed by atoms with Gasteiger partial charge in [-0.25, -0.2) is 0 Å². The van der Waals surface area contributed by atoms with Gasteiger partial charge in [-0.3, -0.25) is 19.3 Å². The topological polar surface area (TPSA) is 54.5 Å². The number of carbonyl (C=O) groups excluding carboxylic acids is 3. The van der Waals surface area contributed by atoms with Gasteiger partial charge in [-0.1, -0.05) is 0 Å². The molecule has 0 aromatic rings. The molecule has 6 heteroatoms. The van der Waals surface area contributed by atoms with E-state index in [4.69, 9.17) is 0 Å². The molecule has 70 valence electrons. The molecule has 1 aliphatic rings. The predicted octanol–water partition coefficient (Wildman–Crippen LogP) is 0.297. The van der Waals surface area contributed by atoms with Gasteiger partial charge in [0.2, 0.25) is 0 Å². The highest BCUT2D eigenvalue weighted by molar-refractivity contribution is 8.11. The molecule has 1 rings (SSSR count). The van der Waals surface area contributed by atoms with Crippen LogP contribution < -0.4 is 0 Å². The molecule has 0 radical (unpaired) electrons. The molecule has 0 saturated carbocycles. The van der Waals surface area contributed by atoms with Crippen molar-refractivity contribution in [3.63, 3.8) is 0 Å². The van der Waals surface area contributed by atoms with Crippen molar-refractivity contribution in [2.45, 2.75) is 6.42 Å². The second-order valence-electron chi connectivity index (χ2n) is 2.48. The molecule has 2 unspecified atom stereocenters. The van der Waals surface area contributed by atoms with Crippen molar-refractivity contribution in [1.82, 2.24) is 4.90 Å². The Morgan fingerprint density at radius 2 is 1.92 bits per heavy atom. The van der Waals surface area contributed by atoms with Gasteiger partial charge in [0.25, 0.3) is 11.8 Å². The van der Waals surface area contributed by atoms with Crippen molar-refractivity contribution in [3.8, 4) is 0 Å². The van der Waals surface area contributed by atoms with E-state index in [1.807, 2.05) is 0 Å². The molecule has 0 bridgehead atoms. The SMILES string of the molecule is O=C(CCN1C(=O)C=CC1=O)PP. The van der Waals surface area contributed by atoms with Crippen LogP contribution in [0, 0.1) is 0 Å². The number of imide groups is 1. The lowest BCUT2D eigenvalue weighted by Gasteiger charge is -2.11. The highest BCUT2D eigenvalue weighted by atomic mass is 32.0. The van der Waals surface area contributed by atoms with Gasteiger partial charge in [0.05, 0.1) is 0 Å². The lowest BCUT2D eigenvalue weighted by atomic mass is 10.4. The van der Waals surface area contributed by atoms with Gasteiger partial charge in [-0.15, -0.1) is 8.93 Å². The fraction of sp³-hybridized carbons (Fsp3) is 0.286. The lowest BCUT2D eigenvalue weighted by Crippen LogP contribution is -2.31. The molecule has 2 amide bonds. The Labute approximate surface area is 79.6 Å². The van der Waals surface area contributed by atoms with E-state index in [0.717, 1.165) is 4.90 Å². The van der Waals surface area contributed by atoms with Crippen molar-refractivity contribution in [2.24, 2.45) is 0 Å². The van der Waals surface area contributed by atoms with E-state index in [0.29, 0.717) is 0 Å². The van der Waals surface area contributed by atoms with Gasteiger partial charge >= 0.3 is 0 Å². The van der Waals surface area contributed by atoms with Gasteiger partial charge in [0, 0.05) is 25.1 Å². The Morgan fingerprint density at radius 1 is 1.38 bits per heavy atom. The number of hydrogen-bond acceptors (Lipinski definition) is 3. The molecule has 0 saturated heterocycles. The van der Waals surface area contributed by atoms with Crippen molar-refractivity contribution < 1.29 is 14.4 Å². The van der Waals surface area contributed by atoms with Crippen molar-refractivity contribution >= 4 is 34.5 Å². The molecule has 0 aromatic heterocycles. The maximum atomic E-state index is 11.0. The molecule has 0 fully saturated rings. The van der Waals surface area contributed by atoms with Crippen LogP contribution in [-0.4, -0.2) is 28.8 Å². The first-order valence-corrected chi connectivity index (χ1v) is 6.49. The molecule has 0 aliphatic carbocycles. The summed E-state index contributed by atoms with van der Waals surface area (Å²) in [5.74, 6) is -0.658. The molecule has 4 nitrogen and oxygen atoms in total. The highest BCUT2D eigenvalue weighted by Gasteiger charge is 2.23. The van der Waals surface area contributed by atoms with Gasteiger partial charge in [0.1, 0.15) is 0 Å². The first-order valence-electron chi connectivity index (χ1n) is 3.68. The molecular weight excluding hydrogens is 208 g/mol. The van der Waals surface area contributed by atoms with Crippen LogP contribution in [0.1, 0.15) is 6.42 Å². The third-order valence-electron chi connectivity index (χ3n) is 1.62. The van der Waals surface area contributed by atoms with Gasteiger partial charge in [-0.05, 0) is 8.27 Å². The van der Waals surface area contributed by atoms with E-state index < -0.39 is 0 Å². The van der Waals surface area contributed by atoms with E-state index in [-0.39, 0.29) is 38.6 Å². The minimum Gasteiger partial charge on any atom is -0.294 e. The monoisotopic (exact) mass is 217 g/mol. The van der Waals surface area contributed by atoms with Crippen LogP contribution >= 0.6 is 17.2 Å². The van der Waals surface area contributed by atoms with Crippen LogP contribution in [0.15, 0.2) is 12.2 Å². The van der Waals surface area contributed by atoms with Crippen LogP contribution in [0.2, 0.25) is 0 Å². The van der Waals surface area contributed by atoms with Crippen LogP contribution in [0.25, 0.3) is 0 Å². The molecule has 1 heterocycles. The summed E-state index contributed by atoms with van der Waals surface area (Å²) in [6, 6.07) is 0. The number of carbonyl (C=O) groups is 3. The van der Waals surface area contributed by atoms with Crippen molar-refractivity contribution in [2.75, 3.05) is 6.54 Å². The maximum absolute atomic E-state index is 11.0. The second-order valence-corrected chi connectivity index (χ2v) is 4.19. The Morgan fingerprint density at radius 3 is 2.38 bits per heavy atom. The largest absolute Gasteiger partial charge is 0.294 e. The van der Waals surface area contributed by atoms with E-state index >= 15 is 0 Å². The fourth-order valence-electron chi connectivity index (χ4n) is 0.937. The summed E-state index contributed by atoms with van der Waals surface area (Å²) in [6.45, 7) is 0.199. The Bertz CT molecular complexity index is 269. The zero-order chi connectivity index (χ0) is 9.84. The van der Waals surface area contributed by atoms with Crippen molar-refractivity contribution in [3.05, 3.63) is 12.2 Å². The number of amides is 2. The van der Waals surface area contributed by atoms with Crippen LogP contribution in [0.3, 0.4) is 0 Å². The summed E-state index contributed by atoms with van der Waals surface area (Å²) in [5.41, 5.74) is 0.0532. The summed E-state index contributed by atoms with van der Waals surface area (Å²) in [5, 5.41) is 0. The normalized spacial score (nSPS) is 16.5. The number of hydrogen-bond donors (Lipinski definition) is 0. The van der Waals surface area contributed by atoms with E-state index in [1.54, 1.807) is 0 Å². The van der Waals surface area contributed by atoms with Crippen molar-refractivity contribution in [1.29, 1.82) is 0 Å². The van der Waals surface area contributed by atoms with Gasteiger partial charge in [-0.2, -0.15) is 0 Å². The van der Waals surface area contributed by atoms with E-state index in [1.165, 1.54) is 12.2 Å². The summed E-state index contributed by atoms with van der Waals surface area (Å²) in [7, 11) is 2.49. The minimum atomic E-state index is -0.329. The zero-order valence-electron chi connectivity index (χ0n) is 6.82. The second kappa shape index (κ2) is 4.59. The molecule has 2 atom stereocenters. The maximum Gasteiger partial charge on any atom is 0.253 e. The summed E-state index contributed by atoms with van der Waals surface area (Å²) < 4.78 is 0. The number of nitrogens with zero attached hydrogens (tertiary/aromatic N) is 1. The van der Waals surface area contributed by atoms with E-state index in [9.17, 15) is 14.4 Å². The Hall–Kier alpha value is -0.590. The molecule has 0 spiro atoms. The van der Waals surface area contributed by atoms with Crippen LogP contribution in [-0.2, 0) is 14.4 Å². The Kier molecular flexibility index (Phi) is 3.71. The van der Waals surface area contributed by atoms with Crippen LogP contribution in [0.5, 0.6) is 0 Å². The first-order chi connectivity index (χ1) is 6.15. The van der Waals surface area contributed by atoms with Crippen LogP contribution in [0.4, 0.5) is 0 Å². The molecule has 13 heavy (non-hydrogen) atoms. The zero-order valence-corrected chi connectivity index (χ0v) is 8.97. The first kappa shape index (κ1) is 10.5.